The first kappa shape index (κ1) is 22.1. The van der Waals surface area contributed by atoms with E-state index in [1.807, 2.05) is 23.1 Å². The number of fused-ring (bicyclic) bond motifs is 1. The minimum atomic E-state index is -0.540. The molecule has 3 aliphatic rings. The monoisotopic (exact) mass is 468 g/mol. The average molecular weight is 469 g/mol. The van der Waals surface area contributed by atoms with Crippen LogP contribution >= 0.6 is 23.2 Å². The summed E-state index contributed by atoms with van der Waals surface area (Å²) in [4.78, 5) is 37.4. The second-order valence-electron chi connectivity index (χ2n) is 7.89. The van der Waals surface area contributed by atoms with Gasteiger partial charge in [-0.3, -0.25) is 15.0 Å². The van der Waals surface area contributed by atoms with Crippen molar-refractivity contribution in [1.82, 2.24) is 24.9 Å². The molecule has 1 aromatic rings. The summed E-state index contributed by atoms with van der Waals surface area (Å²) in [5.41, 5.74) is 1.12. The van der Waals surface area contributed by atoms with Gasteiger partial charge in [0.15, 0.2) is 18.2 Å². The van der Waals surface area contributed by atoms with E-state index in [9.17, 15) is 9.59 Å². The van der Waals surface area contributed by atoms with E-state index in [-0.39, 0.29) is 5.91 Å². The molecular formula is C20H26Cl2N6O3. The number of methoxy groups -OCH3 is 1. The number of carbonyl (C=O) groups excluding carboxylic acids is 2. The van der Waals surface area contributed by atoms with E-state index >= 15 is 0 Å². The van der Waals surface area contributed by atoms with Crippen LogP contribution in [0.1, 0.15) is 5.56 Å². The Balaban J connectivity index is 1.45. The highest BCUT2D eigenvalue weighted by molar-refractivity contribution is 6.42. The lowest BCUT2D eigenvalue weighted by Gasteiger charge is -2.40. The molecule has 1 N–H and O–H groups in total. The number of hydrogen-bond acceptors (Lipinski definition) is 7. The molecule has 3 amide bonds. The number of urea groups is 1. The predicted molar refractivity (Wildman–Crippen MR) is 118 cm³/mol. The fourth-order valence-electron chi connectivity index (χ4n) is 4.21. The second kappa shape index (κ2) is 9.20. The van der Waals surface area contributed by atoms with Crippen LogP contribution in [0.4, 0.5) is 4.79 Å². The lowest BCUT2D eigenvalue weighted by atomic mass is 10.1. The number of imide groups is 1. The third-order valence-corrected chi connectivity index (χ3v) is 6.66. The highest BCUT2D eigenvalue weighted by Crippen LogP contribution is 2.27. The Labute approximate surface area is 191 Å². The highest BCUT2D eigenvalue weighted by Gasteiger charge is 2.49. The van der Waals surface area contributed by atoms with E-state index in [4.69, 9.17) is 32.9 Å². The number of benzene rings is 1. The summed E-state index contributed by atoms with van der Waals surface area (Å²) in [7, 11) is 3.29. The molecule has 168 valence electrons. The first-order chi connectivity index (χ1) is 14.9. The number of ether oxygens (including phenoxy) is 1. The molecular weight excluding hydrogens is 443 g/mol. The Morgan fingerprint density at radius 1 is 1.16 bits per heavy atom. The predicted octanol–water partition coefficient (Wildman–Crippen LogP) is 1.31. The van der Waals surface area contributed by atoms with Gasteiger partial charge in [0.2, 0.25) is 0 Å². The number of carbonyl (C=O) groups is 2. The number of guanidine groups is 1. The minimum Gasteiger partial charge on any atom is -0.383 e. The van der Waals surface area contributed by atoms with Crippen molar-refractivity contribution in [2.24, 2.45) is 4.99 Å². The number of hydrogen-bond donors (Lipinski definition) is 1. The minimum absolute atomic E-state index is 0.318. The van der Waals surface area contributed by atoms with Gasteiger partial charge in [0, 0.05) is 53.4 Å². The van der Waals surface area contributed by atoms with E-state index in [1.54, 1.807) is 14.2 Å². The van der Waals surface area contributed by atoms with Crippen LogP contribution in [0.5, 0.6) is 0 Å². The van der Waals surface area contributed by atoms with Gasteiger partial charge in [0.05, 0.1) is 16.7 Å². The molecule has 2 unspecified atom stereocenters. The van der Waals surface area contributed by atoms with Gasteiger partial charge < -0.3 is 19.4 Å². The van der Waals surface area contributed by atoms with E-state index in [1.165, 1.54) is 4.90 Å². The van der Waals surface area contributed by atoms with Crippen LogP contribution in [-0.2, 0) is 16.1 Å². The number of piperazine rings is 1. The molecule has 0 bridgehead atoms. The molecule has 2 fully saturated rings. The van der Waals surface area contributed by atoms with Crippen molar-refractivity contribution < 1.29 is 14.3 Å². The highest BCUT2D eigenvalue weighted by atomic mass is 35.5. The molecule has 9 nitrogen and oxygen atoms in total. The Kier molecular flexibility index (Phi) is 6.57. The summed E-state index contributed by atoms with van der Waals surface area (Å²) >= 11 is 12.2. The lowest BCUT2D eigenvalue weighted by Crippen LogP contribution is -2.65. The number of aliphatic imine (C=N–C) groups is 1. The van der Waals surface area contributed by atoms with Gasteiger partial charge in [-0.15, -0.1) is 0 Å². The van der Waals surface area contributed by atoms with E-state index in [0.717, 1.165) is 44.2 Å². The Hall–Kier alpha value is -2.07. The van der Waals surface area contributed by atoms with Crippen molar-refractivity contribution in [2.75, 3.05) is 53.5 Å². The molecule has 31 heavy (non-hydrogen) atoms. The molecule has 11 heteroatoms. The van der Waals surface area contributed by atoms with Crippen molar-refractivity contribution >= 4 is 41.1 Å². The van der Waals surface area contributed by atoms with E-state index < -0.39 is 18.2 Å². The van der Waals surface area contributed by atoms with Gasteiger partial charge in [-0.2, -0.15) is 0 Å². The summed E-state index contributed by atoms with van der Waals surface area (Å²) in [6.07, 6.45) is -0.526. The van der Waals surface area contributed by atoms with Crippen LogP contribution in [-0.4, -0.2) is 103 Å². The number of halogens is 2. The number of nitrogens with one attached hydrogen (secondary N) is 1. The number of rotatable bonds is 5. The standard InChI is InChI=1S/C20H26Cl2N6O3/c1-25-17-16(18(29)24-20(25)30)28(9-10-31-2)19(23-17)27-7-5-26(6-8-27)12-13-3-4-14(21)15(22)11-13/h3-4,11,16-17H,5-10,12H2,1-2H3,(H,24,29,30). The van der Waals surface area contributed by atoms with Crippen LogP contribution in [0.25, 0.3) is 0 Å². The Bertz CT molecular complexity index is 890. The van der Waals surface area contributed by atoms with Gasteiger partial charge in [-0.05, 0) is 17.7 Å². The quantitative estimate of drug-likeness (QED) is 0.701. The van der Waals surface area contributed by atoms with E-state index in [0.29, 0.717) is 23.2 Å². The summed E-state index contributed by atoms with van der Waals surface area (Å²) < 4.78 is 5.25. The van der Waals surface area contributed by atoms with Gasteiger partial charge in [0.1, 0.15) is 0 Å². The Morgan fingerprint density at radius 2 is 1.90 bits per heavy atom. The average Bonchev–Trinajstić information content (AvgIpc) is 3.14. The van der Waals surface area contributed by atoms with Crippen molar-refractivity contribution in [2.45, 2.75) is 18.8 Å². The largest absolute Gasteiger partial charge is 0.383 e. The fraction of sp³-hybridized carbons (Fsp3) is 0.550. The molecule has 1 aromatic carbocycles. The van der Waals surface area contributed by atoms with Crippen LogP contribution in [0.15, 0.2) is 23.2 Å². The lowest BCUT2D eigenvalue weighted by molar-refractivity contribution is -0.127. The summed E-state index contributed by atoms with van der Waals surface area (Å²) in [5, 5.41) is 3.54. The molecule has 3 heterocycles. The molecule has 0 aromatic heterocycles. The summed E-state index contributed by atoms with van der Waals surface area (Å²) in [6, 6.07) is 4.75. The van der Waals surface area contributed by atoms with Crippen molar-refractivity contribution in [3.05, 3.63) is 33.8 Å². The molecule has 3 aliphatic heterocycles. The second-order valence-corrected chi connectivity index (χ2v) is 8.71. The normalized spacial score (nSPS) is 24.4. The summed E-state index contributed by atoms with van der Waals surface area (Å²) in [6.45, 7) is 4.99. The van der Waals surface area contributed by atoms with E-state index in [2.05, 4.69) is 15.1 Å². The van der Waals surface area contributed by atoms with Crippen molar-refractivity contribution in [1.29, 1.82) is 0 Å². The zero-order chi connectivity index (χ0) is 22.1. The maximum Gasteiger partial charge on any atom is 0.325 e. The van der Waals surface area contributed by atoms with Crippen molar-refractivity contribution in [3.8, 4) is 0 Å². The van der Waals surface area contributed by atoms with Crippen LogP contribution in [0.2, 0.25) is 10.0 Å². The zero-order valence-corrected chi connectivity index (χ0v) is 19.1. The van der Waals surface area contributed by atoms with Crippen LogP contribution in [0.3, 0.4) is 0 Å². The maximum absolute atomic E-state index is 12.6. The fourth-order valence-corrected chi connectivity index (χ4v) is 4.53. The van der Waals surface area contributed by atoms with Gasteiger partial charge in [-0.25, -0.2) is 9.79 Å². The molecule has 4 rings (SSSR count). The smallest absolute Gasteiger partial charge is 0.325 e. The van der Waals surface area contributed by atoms with Gasteiger partial charge >= 0.3 is 6.03 Å². The molecule has 0 radical (unpaired) electrons. The molecule has 2 saturated heterocycles. The molecule has 0 aliphatic carbocycles. The number of amides is 3. The topological polar surface area (TPSA) is 80.7 Å². The van der Waals surface area contributed by atoms with Crippen LogP contribution < -0.4 is 5.32 Å². The molecule has 0 spiro atoms. The summed E-state index contributed by atoms with van der Waals surface area (Å²) in [5.74, 6) is 0.430. The third-order valence-electron chi connectivity index (χ3n) is 5.92. The number of likely N-dealkylation sites (N-methyl/N-ethyl adjacent to an activating group) is 1. The first-order valence-corrected chi connectivity index (χ1v) is 11.0. The third kappa shape index (κ3) is 4.45. The zero-order valence-electron chi connectivity index (χ0n) is 17.6. The first-order valence-electron chi connectivity index (χ1n) is 10.2. The number of nitrogens with zero attached hydrogens (tertiary/aromatic N) is 5. The van der Waals surface area contributed by atoms with Crippen LogP contribution in [0, 0.1) is 0 Å². The maximum atomic E-state index is 12.6. The van der Waals surface area contributed by atoms with Gasteiger partial charge in [0.25, 0.3) is 5.91 Å². The molecule has 0 saturated carbocycles. The SMILES string of the molecule is COCCN1C(N2CCN(Cc3ccc(Cl)c(Cl)c3)CC2)=NC2C1C(=O)NC(=O)N2C. The van der Waals surface area contributed by atoms with Gasteiger partial charge in [-0.1, -0.05) is 29.3 Å². The molecule has 2 atom stereocenters. The van der Waals surface area contributed by atoms with Crippen molar-refractivity contribution in [3.63, 3.8) is 0 Å². The Morgan fingerprint density at radius 3 is 2.58 bits per heavy atom.